The minimum Gasteiger partial charge on any atom is -0.302 e. The Hall–Kier alpha value is -2.98. The second kappa shape index (κ2) is 6.88. The highest BCUT2D eigenvalue weighted by atomic mass is 15.1. The maximum Gasteiger partial charge on any atom is 0.137 e. The number of aryl methyl sites for hydroxylation is 1. The molecule has 4 aromatic rings. The highest BCUT2D eigenvalue weighted by molar-refractivity contribution is 5.88. The Balaban J connectivity index is 1.67. The summed E-state index contributed by atoms with van der Waals surface area (Å²) in [7, 11) is 2.22. The molecule has 0 amide bonds. The zero-order chi connectivity index (χ0) is 19.1. The van der Waals surface area contributed by atoms with Gasteiger partial charge in [0.2, 0.25) is 0 Å². The maximum atomic E-state index is 4.86. The van der Waals surface area contributed by atoms with Gasteiger partial charge in [0.15, 0.2) is 0 Å². The predicted octanol–water partition coefficient (Wildman–Crippen LogP) is 4.77. The maximum absolute atomic E-state index is 4.86. The van der Waals surface area contributed by atoms with Crippen molar-refractivity contribution >= 4 is 10.9 Å². The molecule has 140 valence electrons. The molecule has 4 heterocycles. The average molecular weight is 368 g/mol. The van der Waals surface area contributed by atoms with Crippen LogP contribution in [0.15, 0.2) is 61.1 Å². The molecule has 3 aromatic heterocycles. The van der Waals surface area contributed by atoms with Crippen LogP contribution in [-0.2, 0) is 13.0 Å². The predicted molar refractivity (Wildman–Crippen MR) is 114 cm³/mol. The van der Waals surface area contributed by atoms with Crippen LogP contribution in [0.5, 0.6) is 0 Å². The molecule has 4 nitrogen and oxygen atoms in total. The van der Waals surface area contributed by atoms with Gasteiger partial charge in [-0.15, -0.1) is 0 Å². The lowest BCUT2D eigenvalue weighted by molar-refractivity contribution is 0.333. The lowest BCUT2D eigenvalue weighted by Gasteiger charge is -2.12. The van der Waals surface area contributed by atoms with E-state index in [1.54, 1.807) is 0 Å². The minimum atomic E-state index is 0.997. The lowest BCUT2D eigenvalue weighted by Crippen LogP contribution is -2.17. The third-order valence-electron chi connectivity index (χ3n) is 5.71. The summed E-state index contributed by atoms with van der Waals surface area (Å²) in [6.07, 6.45) is 7.87. The van der Waals surface area contributed by atoms with Gasteiger partial charge >= 0.3 is 0 Å². The fourth-order valence-corrected chi connectivity index (χ4v) is 4.32. The van der Waals surface area contributed by atoms with Crippen LogP contribution in [0.2, 0.25) is 0 Å². The van der Waals surface area contributed by atoms with Crippen molar-refractivity contribution in [3.05, 3.63) is 77.9 Å². The highest BCUT2D eigenvalue weighted by Gasteiger charge is 2.22. The van der Waals surface area contributed by atoms with Crippen molar-refractivity contribution < 1.29 is 0 Å². The van der Waals surface area contributed by atoms with Gasteiger partial charge in [0.1, 0.15) is 5.82 Å². The molecule has 1 aromatic carbocycles. The smallest absolute Gasteiger partial charge is 0.137 e. The number of nitrogens with zero attached hydrogens (tertiary/aromatic N) is 4. The SMILES string of the molecule is Cc1ccc2c(c1)c1c(n2-c2ccc(-c3ccncc3)cn2)CCCN(C)C1. The fourth-order valence-electron chi connectivity index (χ4n) is 4.32. The molecule has 0 bridgehead atoms. The largest absolute Gasteiger partial charge is 0.302 e. The number of hydrogen-bond acceptors (Lipinski definition) is 3. The molecule has 0 unspecified atom stereocenters. The van der Waals surface area contributed by atoms with E-state index in [2.05, 4.69) is 58.8 Å². The molecular formula is C24H24N4. The molecule has 1 aliphatic heterocycles. The molecule has 28 heavy (non-hydrogen) atoms. The van der Waals surface area contributed by atoms with Crippen molar-refractivity contribution in [3.63, 3.8) is 0 Å². The van der Waals surface area contributed by atoms with Crippen molar-refractivity contribution in [3.8, 4) is 16.9 Å². The van der Waals surface area contributed by atoms with Crippen LogP contribution < -0.4 is 0 Å². The van der Waals surface area contributed by atoms with E-state index in [1.807, 2.05) is 30.7 Å². The summed E-state index contributed by atoms with van der Waals surface area (Å²) in [4.78, 5) is 11.4. The third-order valence-corrected chi connectivity index (χ3v) is 5.71. The molecule has 0 N–H and O–H groups in total. The first kappa shape index (κ1) is 17.1. The fraction of sp³-hybridized carbons (Fsp3) is 0.250. The molecule has 0 spiro atoms. The van der Waals surface area contributed by atoms with Crippen LogP contribution in [0.4, 0.5) is 0 Å². The standard InChI is InChI=1S/C24H24N4/c1-17-5-7-23-20(14-17)21-16-27(2)13-3-4-22(21)28(23)24-8-6-19(15-26-24)18-9-11-25-12-10-18/h5-12,14-15H,3-4,13,16H2,1-2H3. The van der Waals surface area contributed by atoms with E-state index >= 15 is 0 Å². The van der Waals surface area contributed by atoms with Gasteiger partial charge in [0.25, 0.3) is 0 Å². The van der Waals surface area contributed by atoms with Gasteiger partial charge in [-0.05, 0) is 80.9 Å². The van der Waals surface area contributed by atoms with Gasteiger partial charge in [-0.25, -0.2) is 4.98 Å². The molecule has 0 radical (unpaired) electrons. The normalized spacial score (nSPS) is 14.8. The van der Waals surface area contributed by atoms with E-state index in [0.717, 1.165) is 36.5 Å². The van der Waals surface area contributed by atoms with Gasteiger partial charge in [0, 0.05) is 41.8 Å². The monoisotopic (exact) mass is 368 g/mol. The van der Waals surface area contributed by atoms with Crippen molar-refractivity contribution in [2.45, 2.75) is 26.3 Å². The Morgan fingerprint density at radius 3 is 2.61 bits per heavy atom. The second-order valence-electron chi connectivity index (χ2n) is 7.76. The van der Waals surface area contributed by atoms with Crippen molar-refractivity contribution in [2.75, 3.05) is 13.6 Å². The second-order valence-corrected chi connectivity index (χ2v) is 7.76. The molecular weight excluding hydrogens is 344 g/mol. The lowest BCUT2D eigenvalue weighted by atomic mass is 10.1. The molecule has 0 fully saturated rings. The Labute approximate surface area is 165 Å². The Bertz CT molecular complexity index is 1130. The van der Waals surface area contributed by atoms with E-state index in [0.29, 0.717) is 0 Å². The van der Waals surface area contributed by atoms with Crippen LogP contribution in [-0.4, -0.2) is 33.0 Å². The van der Waals surface area contributed by atoms with E-state index in [9.17, 15) is 0 Å². The zero-order valence-corrected chi connectivity index (χ0v) is 16.4. The van der Waals surface area contributed by atoms with Crippen LogP contribution in [0.1, 0.15) is 23.2 Å². The van der Waals surface area contributed by atoms with Crippen molar-refractivity contribution in [2.24, 2.45) is 0 Å². The summed E-state index contributed by atoms with van der Waals surface area (Å²) < 4.78 is 2.37. The number of fused-ring (bicyclic) bond motifs is 3. The topological polar surface area (TPSA) is 34.0 Å². The Kier molecular flexibility index (Phi) is 4.21. The number of pyridine rings is 2. The van der Waals surface area contributed by atoms with Gasteiger partial charge in [0.05, 0.1) is 5.52 Å². The van der Waals surface area contributed by atoms with Gasteiger partial charge < -0.3 is 4.90 Å². The summed E-state index contributed by atoms with van der Waals surface area (Å²) in [5.41, 5.74) is 7.69. The average Bonchev–Trinajstić information content (AvgIpc) is 2.88. The summed E-state index contributed by atoms with van der Waals surface area (Å²) in [5.74, 6) is 0.998. The summed E-state index contributed by atoms with van der Waals surface area (Å²) in [6, 6.07) is 15.1. The third kappa shape index (κ3) is 2.90. The van der Waals surface area contributed by atoms with Gasteiger partial charge in [-0.3, -0.25) is 9.55 Å². The van der Waals surface area contributed by atoms with E-state index in [-0.39, 0.29) is 0 Å². The molecule has 4 heteroatoms. The number of hydrogen-bond donors (Lipinski definition) is 0. The van der Waals surface area contributed by atoms with Crippen molar-refractivity contribution in [1.82, 2.24) is 19.4 Å². The number of benzene rings is 1. The minimum absolute atomic E-state index is 0.997. The van der Waals surface area contributed by atoms with E-state index in [1.165, 1.54) is 34.1 Å². The van der Waals surface area contributed by atoms with Crippen LogP contribution in [0, 0.1) is 6.92 Å². The molecule has 0 atom stereocenters. The zero-order valence-electron chi connectivity index (χ0n) is 16.4. The number of aromatic nitrogens is 3. The first-order chi connectivity index (χ1) is 13.7. The van der Waals surface area contributed by atoms with Crippen LogP contribution in [0.3, 0.4) is 0 Å². The molecule has 0 saturated carbocycles. The quantitative estimate of drug-likeness (QED) is 0.511. The highest BCUT2D eigenvalue weighted by Crippen LogP contribution is 2.33. The number of rotatable bonds is 2. The molecule has 5 rings (SSSR count). The van der Waals surface area contributed by atoms with Crippen LogP contribution >= 0.6 is 0 Å². The summed E-state index contributed by atoms with van der Waals surface area (Å²) in [6.45, 7) is 4.30. The molecule has 0 saturated heterocycles. The summed E-state index contributed by atoms with van der Waals surface area (Å²) in [5, 5.41) is 1.36. The van der Waals surface area contributed by atoms with Gasteiger partial charge in [-0.1, -0.05) is 11.6 Å². The summed E-state index contributed by atoms with van der Waals surface area (Å²) >= 11 is 0. The Morgan fingerprint density at radius 2 is 1.82 bits per heavy atom. The molecule has 1 aliphatic rings. The van der Waals surface area contributed by atoms with Gasteiger partial charge in [-0.2, -0.15) is 0 Å². The van der Waals surface area contributed by atoms with Crippen LogP contribution in [0.25, 0.3) is 27.8 Å². The Morgan fingerprint density at radius 1 is 0.964 bits per heavy atom. The first-order valence-electron chi connectivity index (χ1n) is 9.89. The van der Waals surface area contributed by atoms with Crippen molar-refractivity contribution in [1.29, 1.82) is 0 Å². The van der Waals surface area contributed by atoms with E-state index < -0.39 is 0 Å². The first-order valence-corrected chi connectivity index (χ1v) is 9.89. The molecule has 0 aliphatic carbocycles. The van der Waals surface area contributed by atoms with E-state index in [4.69, 9.17) is 4.98 Å².